The zero-order valence-electron chi connectivity index (χ0n) is 22.5. The van der Waals surface area contributed by atoms with Crippen molar-refractivity contribution in [1.29, 1.82) is 0 Å². The molecular weight excluding hydrogens is 433 g/mol. The highest BCUT2D eigenvalue weighted by atomic mass is 19.1. The summed E-state index contributed by atoms with van der Waals surface area (Å²) in [5.74, 6) is -0.00148. The van der Waals surface area contributed by atoms with Crippen LogP contribution in [0.1, 0.15) is 84.6 Å². The first-order valence-electron chi connectivity index (χ1n) is 13.8. The van der Waals surface area contributed by atoms with E-state index in [0.717, 1.165) is 62.3 Å². The van der Waals surface area contributed by atoms with Crippen LogP contribution in [0.2, 0.25) is 0 Å². The SMILES string of the molecule is CC/C=C(\C1=C(F)CCC=C1)N(C)c1ccc2c(c1)C(N1CCCCC1)=CC(C)(CCC)N2CC. The van der Waals surface area contributed by atoms with Gasteiger partial charge in [0.2, 0.25) is 0 Å². The molecule has 0 saturated carbocycles. The van der Waals surface area contributed by atoms with Gasteiger partial charge in [0, 0.05) is 67.0 Å². The Morgan fingerprint density at radius 3 is 2.57 bits per heavy atom. The Labute approximate surface area is 212 Å². The van der Waals surface area contributed by atoms with E-state index in [2.05, 4.69) is 85.9 Å². The molecule has 0 aromatic heterocycles. The number of allylic oxidation sites excluding steroid dienone is 4. The lowest BCUT2D eigenvalue weighted by Gasteiger charge is -2.48. The predicted octanol–water partition coefficient (Wildman–Crippen LogP) is 8.22. The van der Waals surface area contributed by atoms with E-state index in [4.69, 9.17) is 0 Å². The number of fused-ring (bicyclic) bond motifs is 1. The lowest BCUT2D eigenvalue weighted by molar-refractivity contribution is 0.320. The summed E-state index contributed by atoms with van der Waals surface area (Å²) in [6.45, 7) is 12.3. The molecule has 1 atom stereocenters. The molecule has 35 heavy (non-hydrogen) atoms. The fourth-order valence-electron chi connectivity index (χ4n) is 6.16. The highest BCUT2D eigenvalue weighted by molar-refractivity contribution is 5.84. The fraction of sp³-hybridized carbons (Fsp3) is 0.548. The van der Waals surface area contributed by atoms with Crippen molar-refractivity contribution in [1.82, 2.24) is 4.90 Å². The van der Waals surface area contributed by atoms with Gasteiger partial charge >= 0.3 is 0 Å². The van der Waals surface area contributed by atoms with Crippen LogP contribution in [0, 0.1) is 0 Å². The highest BCUT2D eigenvalue weighted by Crippen LogP contribution is 2.45. The molecule has 0 bridgehead atoms. The Morgan fingerprint density at radius 2 is 1.91 bits per heavy atom. The third-order valence-corrected chi connectivity index (χ3v) is 7.91. The molecule has 1 unspecified atom stereocenters. The maximum absolute atomic E-state index is 14.9. The minimum atomic E-state index is -0.00148. The molecule has 2 heterocycles. The summed E-state index contributed by atoms with van der Waals surface area (Å²) in [6, 6.07) is 6.88. The average Bonchev–Trinajstić information content (AvgIpc) is 2.87. The smallest absolute Gasteiger partial charge is 0.109 e. The zero-order valence-corrected chi connectivity index (χ0v) is 22.5. The number of likely N-dealkylation sites (tertiary alicyclic amines) is 1. The lowest BCUT2D eigenvalue weighted by atomic mass is 9.85. The van der Waals surface area contributed by atoms with E-state index in [-0.39, 0.29) is 11.4 Å². The number of anilines is 2. The standard InChI is InChI=1S/C31H44FN3/c1-6-14-28(25-15-10-11-16-27(25)32)33(5)24-17-18-29-26(22-24)30(34-20-12-9-13-21-34)23-31(4,19-7-2)35(29)8-3/h10,14-15,17-18,22-23H,6-9,11-13,16,19-21H2,1-5H3/b28-14+. The van der Waals surface area contributed by atoms with Gasteiger partial charge in [-0.25, -0.2) is 4.39 Å². The normalized spacial score (nSPS) is 22.9. The number of halogens is 1. The van der Waals surface area contributed by atoms with Crippen molar-refractivity contribution in [3.05, 3.63) is 65.2 Å². The first-order chi connectivity index (χ1) is 16.9. The molecule has 0 N–H and O–H groups in total. The molecule has 3 nitrogen and oxygen atoms in total. The Balaban J connectivity index is 1.80. The third kappa shape index (κ3) is 5.08. The molecule has 1 aromatic rings. The van der Waals surface area contributed by atoms with E-state index in [0.29, 0.717) is 6.42 Å². The molecule has 1 saturated heterocycles. The first kappa shape index (κ1) is 25.6. The van der Waals surface area contributed by atoms with Crippen molar-refractivity contribution >= 4 is 17.1 Å². The van der Waals surface area contributed by atoms with Crippen LogP contribution in [0.3, 0.4) is 0 Å². The number of piperidine rings is 1. The number of benzene rings is 1. The van der Waals surface area contributed by atoms with Gasteiger partial charge in [-0.3, -0.25) is 0 Å². The quantitative estimate of drug-likeness (QED) is 0.373. The minimum Gasteiger partial charge on any atom is -0.371 e. The van der Waals surface area contributed by atoms with Crippen molar-refractivity contribution in [3.8, 4) is 0 Å². The van der Waals surface area contributed by atoms with E-state index in [1.807, 2.05) is 6.08 Å². The van der Waals surface area contributed by atoms with Crippen LogP contribution >= 0.6 is 0 Å². The van der Waals surface area contributed by atoms with Crippen LogP contribution in [0.25, 0.3) is 5.70 Å². The minimum absolute atomic E-state index is 0.00148. The van der Waals surface area contributed by atoms with Crippen LogP contribution in [-0.4, -0.2) is 37.1 Å². The number of hydrogen-bond donors (Lipinski definition) is 0. The van der Waals surface area contributed by atoms with Crippen molar-refractivity contribution in [2.45, 2.75) is 84.6 Å². The molecule has 0 amide bonds. The maximum Gasteiger partial charge on any atom is 0.109 e. The van der Waals surface area contributed by atoms with Gasteiger partial charge in [-0.1, -0.05) is 38.5 Å². The largest absolute Gasteiger partial charge is 0.371 e. The third-order valence-electron chi connectivity index (χ3n) is 7.91. The second kappa shape index (κ2) is 11.1. The number of nitrogens with zero attached hydrogens (tertiary/aromatic N) is 3. The summed E-state index contributed by atoms with van der Waals surface area (Å²) in [6.07, 6.45) is 17.0. The van der Waals surface area contributed by atoms with Crippen molar-refractivity contribution < 1.29 is 4.39 Å². The molecule has 1 fully saturated rings. The average molecular weight is 478 g/mol. The Hall–Kier alpha value is -2.49. The summed E-state index contributed by atoms with van der Waals surface area (Å²) in [4.78, 5) is 7.37. The Kier molecular flexibility index (Phi) is 8.09. The molecular formula is C31H44FN3. The Bertz CT molecular complexity index is 1030. The van der Waals surface area contributed by atoms with Crippen LogP contribution < -0.4 is 9.80 Å². The number of likely N-dealkylation sites (N-methyl/N-ethyl adjacent to an activating group) is 2. The van der Waals surface area contributed by atoms with Gasteiger partial charge in [-0.15, -0.1) is 0 Å². The molecule has 1 aromatic carbocycles. The molecule has 4 heteroatoms. The lowest BCUT2D eigenvalue weighted by Crippen LogP contribution is -2.49. The number of hydrogen-bond acceptors (Lipinski definition) is 3. The molecule has 2 aliphatic heterocycles. The van der Waals surface area contributed by atoms with Gasteiger partial charge in [0.05, 0.1) is 5.54 Å². The van der Waals surface area contributed by atoms with E-state index < -0.39 is 0 Å². The van der Waals surface area contributed by atoms with E-state index in [1.165, 1.54) is 36.2 Å². The Morgan fingerprint density at radius 1 is 1.14 bits per heavy atom. The van der Waals surface area contributed by atoms with Gasteiger partial charge in [-0.2, -0.15) is 0 Å². The van der Waals surface area contributed by atoms with Gasteiger partial charge in [-0.05, 0) is 76.6 Å². The summed E-state index contributed by atoms with van der Waals surface area (Å²) >= 11 is 0. The van der Waals surface area contributed by atoms with Crippen LogP contribution in [-0.2, 0) is 0 Å². The van der Waals surface area contributed by atoms with Gasteiger partial charge in [0.15, 0.2) is 0 Å². The molecule has 0 radical (unpaired) electrons. The highest BCUT2D eigenvalue weighted by Gasteiger charge is 2.36. The molecule has 1 aliphatic carbocycles. The first-order valence-corrected chi connectivity index (χ1v) is 13.8. The fourth-order valence-corrected chi connectivity index (χ4v) is 6.16. The van der Waals surface area contributed by atoms with Crippen LogP contribution in [0.15, 0.2) is 59.6 Å². The van der Waals surface area contributed by atoms with Crippen molar-refractivity contribution in [2.24, 2.45) is 0 Å². The second-order valence-corrected chi connectivity index (χ2v) is 10.4. The van der Waals surface area contributed by atoms with Gasteiger partial charge < -0.3 is 14.7 Å². The van der Waals surface area contributed by atoms with E-state index in [1.54, 1.807) is 0 Å². The molecule has 0 spiro atoms. The van der Waals surface area contributed by atoms with Crippen molar-refractivity contribution in [2.75, 3.05) is 36.5 Å². The van der Waals surface area contributed by atoms with Crippen molar-refractivity contribution in [3.63, 3.8) is 0 Å². The number of rotatable bonds is 8. The maximum atomic E-state index is 14.9. The van der Waals surface area contributed by atoms with E-state index >= 15 is 0 Å². The summed E-state index contributed by atoms with van der Waals surface area (Å²) in [7, 11) is 2.08. The molecule has 4 rings (SSSR count). The van der Waals surface area contributed by atoms with Gasteiger partial charge in [0.25, 0.3) is 0 Å². The van der Waals surface area contributed by atoms with E-state index in [9.17, 15) is 4.39 Å². The second-order valence-electron chi connectivity index (χ2n) is 10.4. The summed E-state index contributed by atoms with van der Waals surface area (Å²) < 4.78 is 14.9. The molecule has 3 aliphatic rings. The van der Waals surface area contributed by atoms with Gasteiger partial charge in [0.1, 0.15) is 5.83 Å². The van der Waals surface area contributed by atoms with Crippen LogP contribution in [0.5, 0.6) is 0 Å². The topological polar surface area (TPSA) is 9.72 Å². The zero-order chi connectivity index (χ0) is 25.0. The summed E-state index contributed by atoms with van der Waals surface area (Å²) in [5, 5.41) is 0. The van der Waals surface area contributed by atoms with Crippen LogP contribution in [0.4, 0.5) is 15.8 Å². The molecule has 190 valence electrons. The monoisotopic (exact) mass is 477 g/mol. The predicted molar refractivity (Wildman–Crippen MR) is 149 cm³/mol. The summed E-state index contributed by atoms with van der Waals surface area (Å²) in [5.41, 5.74) is 6.86.